The predicted octanol–water partition coefficient (Wildman–Crippen LogP) is 1.30. The first-order valence-corrected chi connectivity index (χ1v) is 10.6. The molecule has 0 bridgehead atoms. The van der Waals surface area contributed by atoms with Crippen molar-refractivity contribution in [3.8, 4) is 11.5 Å². The van der Waals surface area contributed by atoms with Gasteiger partial charge in [-0.05, 0) is 31.0 Å². The molecular weight excluding hydrogens is 386 g/mol. The summed E-state index contributed by atoms with van der Waals surface area (Å²) in [7, 11) is -0.0888. The molecule has 1 aromatic rings. The van der Waals surface area contributed by atoms with E-state index in [1.807, 2.05) is 25.1 Å². The summed E-state index contributed by atoms with van der Waals surface area (Å²) in [6.07, 6.45) is 4.19. The van der Waals surface area contributed by atoms with E-state index < -0.39 is 28.3 Å². The number of nitrogens with zero attached hydrogens (tertiary/aromatic N) is 1. The van der Waals surface area contributed by atoms with Gasteiger partial charge in [0, 0.05) is 13.1 Å². The van der Waals surface area contributed by atoms with Crippen molar-refractivity contribution in [1.29, 1.82) is 0 Å². The number of likely N-dealkylation sites (N-methyl/N-ethyl adjacent to an activating group) is 1. The zero-order valence-electron chi connectivity index (χ0n) is 16.2. The standard InChI is InChI=1S/C19H25NO7S/c1-4-5-14-6-7-16(17(10-14)25-3)26-12-19(22)27-11-18(21)20(2)15-8-9-28(23,24)13-15/h4-7,10,15H,8-9,11-13H2,1-3H3/b5-4+/t15-/m0/s1. The normalized spacial score (nSPS) is 18.0. The van der Waals surface area contributed by atoms with Crippen LogP contribution in [0.4, 0.5) is 0 Å². The molecule has 28 heavy (non-hydrogen) atoms. The molecule has 0 spiro atoms. The molecule has 0 N–H and O–H groups in total. The molecular formula is C19H25NO7S. The second-order valence-corrected chi connectivity index (χ2v) is 8.65. The van der Waals surface area contributed by atoms with Gasteiger partial charge >= 0.3 is 5.97 Å². The largest absolute Gasteiger partial charge is 0.493 e. The SMILES string of the molecule is C/C=C/c1ccc(OCC(=O)OCC(=O)N(C)[C@H]2CCS(=O)(=O)C2)c(OC)c1. The molecule has 1 fully saturated rings. The Labute approximate surface area is 165 Å². The van der Waals surface area contributed by atoms with Gasteiger partial charge in [0.2, 0.25) is 0 Å². The van der Waals surface area contributed by atoms with E-state index in [1.54, 1.807) is 12.1 Å². The molecule has 154 valence electrons. The quantitative estimate of drug-likeness (QED) is 0.595. The molecule has 1 aromatic carbocycles. The average Bonchev–Trinajstić information content (AvgIpc) is 3.04. The maximum absolute atomic E-state index is 12.1. The lowest BCUT2D eigenvalue weighted by Gasteiger charge is -2.23. The lowest BCUT2D eigenvalue weighted by atomic mass is 10.2. The zero-order valence-corrected chi connectivity index (χ0v) is 17.0. The fourth-order valence-electron chi connectivity index (χ4n) is 2.81. The molecule has 0 aromatic heterocycles. The molecule has 9 heteroatoms. The number of benzene rings is 1. The number of hydrogen-bond donors (Lipinski definition) is 0. The summed E-state index contributed by atoms with van der Waals surface area (Å²) in [5.74, 6) is -0.301. The Morgan fingerprint density at radius 1 is 1.25 bits per heavy atom. The van der Waals surface area contributed by atoms with E-state index in [2.05, 4.69) is 0 Å². The number of amides is 1. The third kappa shape index (κ3) is 5.98. The van der Waals surface area contributed by atoms with Crippen LogP contribution in [0.15, 0.2) is 24.3 Å². The van der Waals surface area contributed by atoms with Crippen LogP contribution in [0.5, 0.6) is 11.5 Å². The topological polar surface area (TPSA) is 99.2 Å². The summed E-state index contributed by atoms with van der Waals surface area (Å²) < 4.78 is 38.6. The van der Waals surface area contributed by atoms with Crippen LogP contribution in [-0.2, 0) is 24.2 Å². The Hall–Kier alpha value is -2.55. The predicted molar refractivity (Wildman–Crippen MR) is 104 cm³/mol. The van der Waals surface area contributed by atoms with Crippen molar-refractivity contribution in [2.75, 3.05) is 38.9 Å². The number of sulfone groups is 1. The van der Waals surface area contributed by atoms with E-state index in [0.29, 0.717) is 17.9 Å². The summed E-state index contributed by atoms with van der Waals surface area (Å²) >= 11 is 0. The first-order valence-electron chi connectivity index (χ1n) is 8.81. The molecule has 1 aliphatic rings. The molecule has 1 saturated heterocycles. The number of hydrogen-bond acceptors (Lipinski definition) is 7. The van der Waals surface area contributed by atoms with E-state index in [1.165, 1.54) is 19.1 Å². The minimum atomic E-state index is -3.10. The van der Waals surface area contributed by atoms with E-state index in [0.717, 1.165) is 5.56 Å². The summed E-state index contributed by atoms with van der Waals surface area (Å²) in [4.78, 5) is 25.3. The first kappa shape index (κ1) is 21.7. The van der Waals surface area contributed by atoms with Crippen LogP contribution in [0.3, 0.4) is 0 Å². The number of ether oxygens (including phenoxy) is 3. The van der Waals surface area contributed by atoms with Gasteiger partial charge in [0.25, 0.3) is 5.91 Å². The number of allylic oxidation sites excluding steroid dienone is 1. The van der Waals surface area contributed by atoms with Crippen molar-refractivity contribution in [2.45, 2.75) is 19.4 Å². The van der Waals surface area contributed by atoms with Crippen molar-refractivity contribution < 1.29 is 32.2 Å². The van der Waals surface area contributed by atoms with Crippen LogP contribution in [0.2, 0.25) is 0 Å². The maximum atomic E-state index is 12.1. The zero-order chi connectivity index (χ0) is 20.7. The Morgan fingerprint density at radius 2 is 2.00 bits per heavy atom. The highest BCUT2D eigenvalue weighted by molar-refractivity contribution is 7.91. The second kappa shape index (κ2) is 9.59. The number of methoxy groups -OCH3 is 1. The number of carbonyl (C=O) groups excluding carboxylic acids is 2. The lowest BCUT2D eigenvalue weighted by molar-refractivity contribution is -0.153. The summed E-state index contributed by atoms with van der Waals surface area (Å²) in [6.45, 7) is 1.05. The van der Waals surface area contributed by atoms with Crippen molar-refractivity contribution in [1.82, 2.24) is 4.90 Å². The van der Waals surface area contributed by atoms with E-state index >= 15 is 0 Å². The van der Waals surface area contributed by atoms with Crippen LogP contribution >= 0.6 is 0 Å². The van der Waals surface area contributed by atoms with Gasteiger partial charge in [-0.2, -0.15) is 0 Å². The molecule has 0 radical (unpaired) electrons. The Balaban J connectivity index is 1.82. The fraction of sp³-hybridized carbons (Fsp3) is 0.474. The molecule has 0 saturated carbocycles. The van der Waals surface area contributed by atoms with Crippen molar-refractivity contribution in [3.63, 3.8) is 0 Å². The van der Waals surface area contributed by atoms with Crippen molar-refractivity contribution in [3.05, 3.63) is 29.8 Å². The molecule has 1 heterocycles. The second-order valence-electron chi connectivity index (χ2n) is 6.42. The Bertz CT molecular complexity index is 848. The minimum Gasteiger partial charge on any atom is -0.493 e. The van der Waals surface area contributed by atoms with Gasteiger partial charge < -0.3 is 19.1 Å². The van der Waals surface area contributed by atoms with E-state index in [-0.39, 0.29) is 24.2 Å². The molecule has 1 atom stereocenters. The van der Waals surface area contributed by atoms with Crippen LogP contribution in [0.25, 0.3) is 6.08 Å². The van der Waals surface area contributed by atoms with Crippen LogP contribution in [0, 0.1) is 0 Å². The van der Waals surface area contributed by atoms with Crippen LogP contribution < -0.4 is 9.47 Å². The molecule has 0 aliphatic carbocycles. The third-order valence-corrected chi connectivity index (χ3v) is 6.15. The van der Waals surface area contributed by atoms with E-state index in [9.17, 15) is 18.0 Å². The highest BCUT2D eigenvalue weighted by Gasteiger charge is 2.32. The van der Waals surface area contributed by atoms with Gasteiger partial charge in [0.1, 0.15) is 0 Å². The smallest absolute Gasteiger partial charge is 0.344 e. The van der Waals surface area contributed by atoms with Gasteiger partial charge in [-0.15, -0.1) is 0 Å². The van der Waals surface area contributed by atoms with Gasteiger partial charge in [0.05, 0.1) is 18.6 Å². The molecule has 8 nitrogen and oxygen atoms in total. The summed E-state index contributed by atoms with van der Waals surface area (Å²) in [6, 6.07) is 4.89. The highest BCUT2D eigenvalue weighted by atomic mass is 32.2. The van der Waals surface area contributed by atoms with Crippen molar-refractivity contribution >= 4 is 27.8 Å². The number of carbonyl (C=O) groups is 2. The highest BCUT2D eigenvalue weighted by Crippen LogP contribution is 2.28. The average molecular weight is 411 g/mol. The third-order valence-electron chi connectivity index (χ3n) is 4.40. The maximum Gasteiger partial charge on any atom is 0.344 e. The first-order chi connectivity index (χ1) is 13.3. The molecule has 1 amide bonds. The van der Waals surface area contributed by atoms with Crippen molar-refractivity contribution in [2.24, 2.45) is 0 Å². The number of rotatable bonds is 8. The van der Waals surface area contributed by atoms with Crippen LogP contribution in [-0.4, -0.2) is 70.1 Å². The lowest BCUT2D eigenvalue weighted by Crippen LogP contribution is -2.40. The summed E-state index contributed by atoms with van der Waals surface area (Å²) in [5, 5.41) is 0. The van der Waals surface area contributed by atoms with E-state index in [4.69, 9.17) is 14.2 Å². The molecule has 1 aliphatic heterocycles. The molecule has 2 rings (SSSR count). The van der Waals surface area contributed by atoms with Gasteiger partial charge in [-0.3, -0.25) is 4.79 Å². The fourth-order valence-corrected chi connectivity index (χ4v) is 4.58. The minimum absolute atomic E-state index is 0.0602. The molecule has 0 unspecified atom stereocenters. The Morgan fingerprint density at radius 3 is 2.61 bits per heavy atom. The number of esters is 1. The monoisotopic (exact) mass is 411 g/mol. The van der Waals surface area contributed by atoms with Gasteiger partial charge in [-0.1, -0.05) is 18.2 Å². The Kier molecular flexibility index (Phi) is 7.45. The van der Waals surface area contributed by atoms with Gasteiger partial charge in [-0.25, -0.2) is 13.2 Å². The summed E-state index contributed by atoms with van der Waals surface area (Å²) in [5.41, 5.74) is 0.928. The van der Waals surface area contributed by atoms with Gasteiger partial charge in [0.15, 0.2) is 34.6 Å². The van der Waals surface area contributed by atoms with Crippen LogP contribution in [0.1, 0.15) is 18.9 Å².